The van der Waals surface area contributed by atoms with Crippen molar-refractivity contribution in [2.75, 3.05) is 0 Å². The van der Waals surface area contributed by atoms with Gasteiger partial charge < -0.3 is 5.11 Å². The van der Waals surface area contributed by atoms with Crippen LogP contribution in [-0.2, 0) is 5.41 Å². The van der Waals surface area contributed by atoms with Gasteiger partial charge in [0, 0.05) is 17.2 Å². The predicted molar refractivity (Wildman–Crippen MR) is 56.7 cm³/mol. The van der Waals surface area contributed by atoms with Crippen LogP contribution in [0.1, 0.15) is 38.1 Å². The van der Waals surface area contributed by atoms with E-state index in [-0.39, 0.29) is 5.41 Å². The summed E-state index contributed by atoms with van der Waals surface area (Å²) in [5.41, 5.74) is 1.47. The van der Waals surface area contributed by atoms with Gasteiger partial charge in [0.05, 0.1) is 5.69 Å². The lowest BCUT2D eigenvalue weighted by Crippen LogP contribution is -2.17. The van der Waals surface area contributed by atoms with E-state index in [9.17, 15) is 5.11 Å². The molecule has 1 rings (SSSR count). The third-order valence-electron chi connectivity index (χ3n) is 2.00. The minimum absolute atomic E-state index is 0.103. The Hall–Kier alpha value is -1.33. The molecular formula is C12H15NO. The van der Waals surface area contributed by atoms with Gasteiger partial charge in [0.25, 0.3) is 0 Å². The van der Waals surface area contributed by atoms with E-state index in [1.54, 1.807) is 12.3 Å². The summed E-state index contributed by atoms with van der Waals surface area (Å²) in [4.78, 5) is 4.26. The number of rotatable bonds is 1. The van der Waals surface area contributed by atoms with Gasteiger partial charge >= 0.3 is 0 Å². The normalized spacial score (nSPS) is 13.4. The van der Waals surface area contributed by atoms with Gasteiger partial charge in [-0.25, -0.2) is 0 Å². The van der Waals surface area contributed by atoms with Crippen molar-refractivity contribution in [2.45, 2.75) is 32.3 Å². The lowest BCUT2D eigenvalue weighted by Gasteiger charge is -2.21. The fourth-order valence-corrected chi connectivity index (χ4v) is 1.35. The summed E-state index contributed by atoms with van der Waals surface area (Å²) in [6.07, 6.45) is 6.04. The second-order valence-electron chi connectivity index (χ2n) is 4.26. The highest BCUT2D eigenvalue weighted by Crippen LogP contribution is 2.27. The molecule has 1 aromatic heterocycles. The van der Waals surface area contributed by atoms with Crippen LogP contribution >= 0.6 is 0 Å². The second kappa shape index (κ2) is 3.81. The minimum Gasteiger partial charge on any atom is -0.376 e. The fourth-order valence-electron chi connectivity index (χ4n) is 1.35. The molecule has 2 heteroatoms. The molecule has 2 nitrogen and oxygen atoms in total. The fraction of sp³-hybridized carbons (Fsp3) is 0.417. The van der Waals surface area contributed by atoms with Crippen molar-refractivity contribution < 1.29 is 5.11 Å². The number of aliphatic hydroxyl groups is 1. The molecule has 1 aromatic rings. The molecule has 0 amide bonds. The molecule has 0 spiro atoms. The molecular weight excluding hydrogens is 174 g/mol. The lowest BCUT2D eigenvalue weighted by molar-refractivity contribution is 0.234. The van der Waals surface area contributed by atoms with Gasteiger partial charge in [-0.3, -0.25) is 4.98 Å². The van der Waals surface area contributed by atoms with E-state index < -0.39 is 6.10 Å². The Kier molecular flexibility index (Phi) is 2.93. The zero-order valence-corrected chi connectivity index (χ0v) is 8.78. The van der Waals surface area contributed by atoms with Crippen molar-refractivity contribution in [3.05, 3.63) is 29.6 Å². The molecule has 0 aliphatic carbocycles. The molecule has 0 aliphatic rings. The molecule has 0 saturated carbocycles. The molecule has 1 N–H and O–H groups in total. The minimum atomic E-state index is -0.863. The summed E-state index contributed by atoms with van der Waals surface area (Å²) >= 11 is 0. The SMILES string of the molecule is C#C[C@@H](O)c1cccnc1C(C)(C)C. The topological polar surface area (TPSA) is 33.1 Å². The maximum absolute atomic E-state index is 9.60. The molecule has 0 saturated heterocycles. The number of hydrogen-bond acceptors (Lipinski definition) is 2. The van der Waals surface area contributed by atoms with E-state index in [2.05, 4.69) is 10.9 Å². The Morgan fingerprint density at radius 1 is 1.50 bits per heavy atom. The third-order valence-corrected chi connectivity index (χ3v) is 2.00. The molecule has 0 unspecified atom stereocenters. The zero-order chi connectivity index (χ0) is 10.8. The molecule has 1 atom stereocenters. The first-order valence-electron chi connectivity index (χ1n) is 4.56. The molecule has 0 fully saturated rings. The van der Waals surface area contributed by atoms with Gasteiger partial charge in [0.1, 0.15) is 6.10 Å². The second-order valence-corrected chi connectivity index (χ2v) is 4.26. The van der Waals surface area contributed by atoms with Crippen LogP contribution in [0.4, 0.5) is 0 Å². The number of nitrogens with zero attached hydrogens (tertiary/aromatic N) is 1. The van der Waals surface area contributed by atoms with Crippen molar-refractivity contribution >= 4 is 0 Å². The van der Waals surface area contributed by atoms with E-state index in [1.165, 1.54) is 0 Å². The van der Waals surface area contributed by atoms with Gasteiger partial charge in [0.2, 0.25) is 0 Å². The van der Waals surface area contributed by atoms with E-state index in [1.807, 2.05) is 26.8 Å². The van der Waals surface area contributed by atoms with Gasteiger partial charge in [-0.05, 0) is 6.07 Å². The zero-order valence-electron chi connectivity index (χ0n) is 8.78. The Labute approximate surface area is 85.0 Å². The standard InChI is InChI=1S/C12H15NO/c1-5-10(14)9-7-6-8-13-11(9)12(2,3)4/h1,6-8,10,14H,2-4H3/t10-/m1/s1. The average molecular weight is 189 g/mol. The van der Waals surface area contributed by atoms with Crippen molar-refractivity contribution in [2.24, 2.45) is 0 Å². The van der Waals surface area contributed by atoms with E-state index in [0.29, 0.717) is 0 Å². The largest absolute Gasteiger partial charge is 0.376 e. The van der Waals surface area contributed by atoms with Crippen LogP contribution in [0.2, 0.25) is 0 Å². The van der Waals surface area contributed by atoms with E-state index in [4.69, 9.17) is 6.42 Å². The summed E-state index contributed by atoms with van der Waals surface area (Å²) in [5, 5.41) is 9.60. The summed E-state index contributed by atoms with van der Waals surface area (Å²) in [7, 11) is 0. The summed E-state index contributed by atoms with van der Waals surface area (Å²) in [5.74, 6) is 2.31. The summed E-state index contributed by atoms with van der Waals surface area (Å²) < 4.78 is 0. The maximum atomic E-state index is 9.60. The molecule has 0 aromatic carbocycles. The third kappa shape index (κ3) is 2.12. The Bertz CT molecular complexity index is 357. The molecule has 1 heterocycles. The van der Waals surface area contributed by atoms with Crippen LogP contribution in [0.25, 0.3) is 0 Å². The number of terminal acetylenes is 1. The van der Waals surface area contributed by atoms with Crippen molar-refractivity contribution in [3.8, 4) is 12.3 Å². The smallest absolute Gasteiger partial charge is 0.141 e. The molecule has 74 valence electrons. The number of aromatic nitrogens is 1. The Morgan fingerprint density at radius 3 is 2.64 bits per heavy atom. The monoisotopic (exact) mass is 189 g/mol. The van der Waals surface area contributed by atoms with Crippen molar-refractivity contribution in [1.29, 1.82) is 0 Å². The van der Waals surface area contributed by atoms with Gasteiger partial charge in [-0.1, -0.05) is 32.8 Å². The van der Waals surface area contributed by atoms with Crippen molar-refractivity contribution in [1.82, 2.24) is 4.98 Å². The lowest BCUT2D eigenvalue weighted by atomic mass is 9.87. The highest BCUT2D eigenvalue weighted by atomic mass is 16.3. The first-order chi connectivity index (χ1) is 6.46. The van der Waals surface area contributed by atoms with Crippen LogP contribution in [0.5, 0.6) is 0 Å². The van der Waals surface area contributed by atoms with Gasteiger partial charge in [0.15, 0.2) is 0 Å². The summed E-state index contributed by atoms with van der Waals surface area (Å²) in [6.45, 7) is 6.13. The van der Waals surface area contributed by atoms with E-state index >= 15 is 0 Å². The summed E-state index contributed by atoms with van der Waals surface area (Å²) in [6, 6.07) is 3.60. The Balaban J connectivity index is 3.25. The first kappa shape index (κ1) is 10.7. The van der Waals surface area contributed by atoms with Gasteiger partial charge in [-0.2, -0.15) is 0 Å². The highest BCUT2D eigenvalue weighted by molar-refractivity contribution is 5.31. The molecule has 0 bridgehead atoms. The van der Waals surface area contributed by atoms with Crippen LogP contribution in [0.15, 0.2) is 18.3 Å². The quantitative estimate of drug-likeness (QED) is 0.686. The number of aliphatic hydroxyl groups excluding tert-OH is 1. The molecule has 0 radical (unpaired) electrons. The molecule has 14 heavy (non-hydrogen) atoms. The maximum Gasteiger partial charge on any atom is 0.141 e. The van der Waals surface area contributed by atoms with Gasteiger partial charge in [-0.15, -0.1) is 6.42 Å². The number of pyridine rings is 1. The average Bonchev–Trinajstić information content (AvgIpc) is 2.15. The van der Waals surface area contributed by atoms with E-state index in [0.717, 1.165) is 11.3 Å². The van der Waals surface area contributed by atoms with Crippen LogP contribution in [-0.4, -0.2) is 10.1 Å². The Morgan fingerprint density at radius 2 is 2.14 bits per heavy atom. The number of hydrogen-bond donors (Lipinski definition) is 1. The van der Waals surface area contributed by atoms with Crippen molar-refractivity contribution in [3.63, 3.8) is 0 Å². The first-order valence-corrected chi connectivity index (χ1v) is 4.56. The van der Waals surface area contributed by atoms with Crippen LogP contribution < -0.4 is 0 Å². The highest BCUT2D eigenvalue weighted by Gasteiger charge is 2.21. The predicted octanol–water partition coefficient (Wildman–Crippen LogP) is 2.05. The van der Waals surface area contributed by atoms with Crippen LogP contribution in [0, 0.1) is 12.3 Å². The molecule has 0 aliphatic heterocycles. The van der Waals surface area contributed by atoms with Crippen LogP contribution in [0.3, 0.4) is 0 Å².